The molecule has 0 radical (unpaired) electrons. The van der Waals surface area contributed by atoms with Gasteiger partial charge in [0.2, 0.25) is 0 Å². The molecule has 0 amide bonds. The zero-order valence-electron chi connectivity index (χ0n) is 21.3. The number of nitrogens with one attached hydrogen (secondary N) is 2. The van der Waals surface area contributed by atoms with Crippen LogP contribution < -0.4 is 15.8 Å². The van der Waals surface area contributed by atoms with Crippen LogP contribution >= 0.6 is 11.3 Å². The lowest BCUT2D eigenvalue weighted by atomic mass is 10.1. The summed E-state index contributed by atoms with van der Waals surface area (Å²) in [5, 5.41) is 19.3. The Kier molecular flexibility index (Phi) is 13.0. The van der Waals surface area contributed by atoms with Gasteiger partial charge in [-0.05, 0) is 56.0 Å². The fraction of sp³-hybridized carbons (Fsp3) is 0.538. The minimum atomic E-state index is 0.492. The lowest BCUT2D eigenvalue weighted by Crippen LogP contribution is -2.31. The number of hydrogen-bond donors (Lipinski definition) is 2. The Hall–Kier alpha value is -2.82. The van der Waals surface area contributed by atoms with Crippen molar-refractivity contribution in [3.05, 3.63) is 39.8 Å². The Morgan fingerprint density at radius 3 is 2.06 bits per heavy atom. The van der Waals surface area contributed by atoms with Gasteiger partial charge in [0.05, 0.1) is 37.7 Å². The van der Waals surface area contributed by atoms with Gasteiger partial charge in [-0.2, -0.15) is 10.5 Å². The second kappa shape index (κ2) is 16.0. The van der Waals surface area contributed by atoms with Crippen molar-refractivity contribution in [2.75, 3.05) is 68.5 Å². The van der Waals surface area contributed by atoms with E-state index in [-0.39, 0.29) is 0 Å². The van der Waals surface area contributed by atoms with Gasteiger partial charge in [0.1, 0.15) is 22.0 Å². The molecule has 1 aromatic carbocycles. The zero-order chi connectivity index (χ0) is 25.5. The maximum absolute atomic E-state index is 9.45. The van der Waals surface area contributed by atoms with E-state index in [4.69, 9.17) is 14.2 Å². The topological polar surface area (TPSA) is 103 Å². The number of ether oxygens (including phenoxy) is 3. The highest BCUT2D eigenvalue weighted by atomic mass is 32.1. The highest BCUT2D eigenvalue weighted by Gasteiger charge is 2.15. The van der Waals surface area contributed by atoms with E-state index in [2.05, 4.69) is 53.9 Å². The average molecular weight is 500 g/mol. The van der Waals surface area contributed by atoms with Crippen molar-refractivity contribution < 1.29 is 14.2 Å². The third-order valence-corrected chi connectivity index (χ3v) is 6.44. The van der Waals surface area contributed by atoms with Crippen LogP contribution in [0.2, 0.25) is 0 Å². The molecule has 35 heavy (non-hydrogen) atoms. The van der Waals surface area contributed by atoms with Crippen molar-refractivity contribution in [3.8, 4) is 12.1 Å². The van der Waals surface area contributed by atoms with Crippen LogP contribution in [0.25, 0.3) is 0 Å². The van der Waals surface area contributed by atoms with Gasteiger partial charge in [-0.3, -0.25) is 10.9 Å². The average Bonchev–Trinajstić information content (AvgIpc) is 3.18. The molecule has 0 aliphatic rings. The largest absolute Gasteiger partial charge is 0.380 e. The maximum atomic E-state index is 9.45. The third kappa shape index (κ3) is 9.04. The van der Waals surface area contributed by atoms with Gasteiger partial charge in [-0.25, -0.2) is 0 Å². The molecule has 0 unspecified atom stereocenters. The summed E-state index contributed by atoms with van der Waals surface area (Å²) in [5.74, 6) is 0. The van der Waals surface area contributed by atoms with Gasteiger partial charge in [0.25, 0.3) is 0 Å². The van der Waals surface area contributed by atoms with Gasteiger partial charge >= 0.3 is 0 Å². The van der Waals surface area contributed by atoms with Crippen molar-refractivity contribution in [1.29, 1.82) is 10.5 Å². The number of nitriles is 2. The van der Waals surface area contributed by atoms with Crippen molar-refractivity contribution in [2.24, 2.45) is 0 Å². The first kappa shape index (κ1) is 28.4. The van der Waals surface area contributed by atoms with Crippen molar-refractivity contribution in [3.63, 3.8) is 0 Å². The van der Waals surface area contributed by atoms with Crippen LogP contribution in [0.5, 0.6) is 0 Å². The molecule has 1 heterocycles. The van der Waals surface area contributed by atoms with Gasteiger partial charge < -0.3 is 19.1 Å². The number of anilines is 3. The summed E-state index contributed by atoms with van der Waals surface area (Å²) in [5.41, 5.74) is 10.5. The molecule has 0 saturated heterocycles. The monoisotopic (exact) mass is 499 g/mol. The van der Waals surface area contributed by atoms with E-state index in [1.807, 2.05) is 13.0 Å². The number of aryl methyl sites for hydroxylation is 1. The minimum Gasteiger partial charge on any atom is -0.380 e. The van der Waals surface area contributed by atoms with E-state index < -0.39 is 0 Å². The maximum Gasteiger partial charge on any atom is 0.127 e. The Labute approximate surface area is 213 Å². The number of hydrazine groups is 1. The number of thiophene rings is 1. The summed E-state index contributed by atoms with van der Waals surface area (Å²) in [4.78, 5) is 2.81. The second-order valence-corrected chi connectivity index (χ2v) is 9.08. The fourth-order valence-corrected chi connectivity index (χ4v) is 4.29. The van der Waals surface area contributed by atoms with Crippen LogP contribution in [0, 0.1) is 36.5 Å². The molecule has 2 N–H and O–H groups in total. The first-order valence-corrected chi connectivity index (χ1v) is 12.9. The highest BCUT2D eigenvalue weighted by molar-refractivity contribution is 7.17. The van der Waals surface area contributed by atoms with Crippen molar-refractivity contribution in [2.45, 2.75) is 40.5 Å². The van der Waals surface area contributed by atoms with Crippen molar-refractivity contribution in [1.82, 2.24) is 0 Å². The molecule has 0 bridgehead atoms. The predicted molar refractivity (Wildman–Crippen MR) is 142 cm³/mol. The van der Waals surface area contributed by atoms with E-state index in [1.54, 1.807) is 6.92 Å². The summed E-state index contributed by atoms with van der Waals surface area (Å²) in [6, 6.07) is 10.5. The van der Waals surface area contributed by atoms with Gasteiger partial charge in [-0.1, -0.05) is 13.8 Å². The molecule has 0 aliphatic carbocycles. The number of hydrogen-bond acceptors (Lipinski definition) is 9. The normalized spacial score (nSPS) is 10.6. The van der Waals surface area contributed by atoms with Crippen LogP contribution in [0.15, 0.2) is 18.2 Å². The van der Waals surface area contributed by atoms with Gasteiger partial charge in [0, 0.05) is 32.0 Å². The standard InChI is InChI=1S/C26H37N5O3S/c1-5-11-32-13-9-31(10-14-34-16-15-33-12-6-2)22-7-8-24(20(3)17-22)29-30-26-23(18-27)21(4)25(19-28)35-26/h7-8,17,29-30H,5-6,9-16H2,1-4H3. The molecular weight excluding hydrogens is 462 g/mol. The summed E-state index contributed by atoms with van der Waals surface area (Å²) >= 11 is 1.27. The second-order valence-electron chi connectivity index (χ2n) is 8.06. The molecule has 0 saturated carbocycles. The molecule has 2 aromatic rings. The Bertz CT molecular complexity index is 996. The van der Waals surface area contributed by atoms with Crippen LogP contribution in [0.3, 0.4) is 0 Å². The molecule has 1 aromatic heterocycles. The van der Waals surface area contributed by atoms with E-state index in [0.717, 1.165) is 56.1 Å². The molecule has 0 aliphatic heterocycles. The van der Waals surface area contributed by atoms with E-state index in [9.17, 15) is 10.5 Å². The zero-order valence-corrected chi connectivity index (χ0v) is 22.1. The van der Waals surface area contributed by atoms with E-state index in [1.165, 1.54) is 11.3 Å². The summed E-state index contributed by atoms with van der Waals surface area (Å²) in [7, 11) is 0. The molecule has 0 spiro atoms. The lowest BCUT2D eigenvalue weighted by molar-refractivity contribution is 0.0501. The fourth-order valence-electron chi connectivity index (χ4n) is 3.38. The number of nitrogens with zero attached hydrogens (tertiary/aromatic N) is 3. The Morgan fingerprint density at radius 2 is 1.49 bits per heavy atom. The molecule has 8 nitrogen and oxygen atoms in total. The van der Waals surface area contributed by atoms with Crippen LogP contribution in [0.1, 0.15) is 48.3 Å². The SMILES string of the molecule is CCCOCCOCCN(CCOCCC)c1ccc(NNc2sc(C#N)c(C)c2C#N)c(C)c1. The van der Waals surface area contributed by atoms with Crippen molar-refractivity contribution >= 4 is 27.7 Å². The Morgan fingerprint density at radius 1 is 0.857 bits per heavy atom. The summed E-state index contributed by atoms with van der Waals surface area (Å²) in [6.07, 6.45) is 2.01. The van der Waals surface area contributed by atoms with Gasteiger partial charge in [0.15, 0.2) is 0 Å². The predicted octanol–water partition coefficient (Wildman–Crippen LogP) is 5.22. The third-order valence-electron chi connectivity index (χ3n) is 5.33. The van der Waals surface area contributed by atoms with Crippen LogP contribution in [-0.4, -0.2) is 52.7 Å². The van der Waals surface area contributed by atoms with Gasteiger partial charge in [-0.15, -0.1) is 11.3 Å². The lowest BCUT2D eigenvalue weighted by Gasteiger charge is -2.26. The number of benzene rings is 1. The molecular formula is C26H37N5O3S. The molecule has 9 heteroatoms. The molecule has 190 valence electrons. The quantitative estimate of drug-likeness (QED) is 0.225. The number of rotatable bonds is 17. The molecule has 0 fully saturated rings. The minimum absolute atomic E-state index is 0.492. The molecule has 2 rings (SSSR count). The van der Waals surface area contributed by atoms with Crippen LogP contribution in [0.4, 0.5) is 16.4 Å². The smallest absolute Gasteiger partial charge is 0.127 e. The Balaban J connectivity index is 2.01. The summed E-state index contributed by atoms with van der Waals surface area (Å²) < 4.78 is 17.0. The first-order valence-electron chi connectivity index (χ1n) is 12.1. The first-order chi connectivity index (χ1) is 17.0. The summed E-state index contributed by atoms with van der Waals surface area (Å²) in [6.45, 7) is 13.6. The molecule has 0 atom stereocenters. The van der Waals surface area contributed by atoms with E-state index in [0.29, 0.717) is 47.4 Å². The van der Waals surface area contributed by atoms with E-state index >= 15 is 0 Å². The van der Waals surface area contributed by atoms with Crippen LogP contribution in [-0.2, 0) is 14.2 Å². The highest BCUT2D eigenvalue weighted by Crippen LogP contribution is 2.32.